The Bertz CT molecular complexity index is 874. The first-order chi connectivity index (χ1) is 11.5. The van der Waals surface area contributed by atoms with E-state index in [1.807, 2.05) is 6.07 Å². The van der Waals surface area contributed by atoms with Gasteiger partial charge in [-0.1, -0.05) is 19.9 Å². The number of aromatic amines is 1. The van der Waals surface area contributed by atoms with Crippen molar-refractivity contribution in [2.45, 2.75) is 32.7 Å². The second-order valence-corrected chi connectivity index (χ2v) is 5.78. The molecule has 0 atom stereocenters. The molecule has 0 unspecified atom stereocenters. The van der Waals surface area contributed by atoms with Gasteiger partial charge >= 0.3 is 5.97 Å². The molecule has 2 aromatic heterocycles. The van der Waals surface area contributed by atoms with Crippen molar-refractivity contribution in [2.75, 3.05) is 5.32 Å². The van der Waals surface area contributed by atoms with Crippen LogP contribution in [0.2, 0.25) is 0 Å². The molecule has 124 valence electrons. The average molecular weight is 326 g/mol. The molecule has 0 amide bonds. The molecule has 0 radical (unpaired) electrons. The molecule has 0 saturated heterocycles. The van der Waals surface area contributed by atoms with Gasteiger partial charge in [0.1, 0.15) is 24.4 Å². The lowest BCUT2D eigenvalue weighted by molar-refractivity contribution is -0.136. The first-order valence-electron chi connectivity index (χ1n) is 7.63. The highest BCUT2D eigenvalue weighted by molar-refractivity contribution is 5.89. The fourth-order valence-corrected chi connectivity index (χ4v) is 2.37. The van der Waals surface area contributed by atoms with Crippen molar-refractivity contribution in [1.29, 1.82) is 0 Å². The summed E-state index contributed by atoms with van der Waals surface area (Å²) in [6, 6.07) is 6.13. The number of H-pyrrole nitrogens is 1. The van der Waals surface area contributed by atoms with Gasteiger partial charge in [-0.3, -0.25) is 9.89 Å². The zero-order valence-electron chi connectivity index (χ0n) is 13.4. The maximum atomic E-state index is 10.7. The number of benzene rings is 1. The molecule has 3 N–H and O–H groups in total. The van der Waals surface area contributed by atoms with Gasteiger partial charge in [0.25, 0.3) is 0 Å². The van der Waals surface area contributed by atoms with Crippen molar-refractivity contribution < 1.29 is 9.90 Å². The summed E-state index contributed by atoms with van der Waals surface area (Å²) in [5.41, 5.74) is 2.07. The Morgan fingerprint density at radius 2 is 2.17 bits per heavy atom. The van der Waals surface area contributed by atoms with Crippen LogP contribution in [0.5, 0.6) is 0 Å². The third-order valence-corrected chi connectivity index (χ3v) is 3.64. The molecule has 1 aromatic carbocycles. The molecule has 0 aliphatic carbocycles. The monoisotopic (exact) mass is 326 g/mol. The Hall–Kier alpha value is -3.03. The lowest BCUT2D eigenvalue weighted by Gasteiger charge is -2.10. The maximum Gasteiger partial charge on any atom is 0.311 e. The van der Waals surface area contributed by atoms with Gasteiger partial charge in [0.2, 0.25) is 0 Å². The fraction of sp³-hybridized carbons (Fsp3) is 0.312. The third kappa shape index (κ3) is 3.48. The topological polar surface area (TPSA) is 117 Å². The number of nitrogens with one attached hydrogen (secondary N) is 2. The molecule has 3 rings (SSSR count). The Kier molecular flexibility index (Phi) is 4.37. The van der Waals surface area contributed by atoms with E-state index in [-0.39, 0.29) is 12.2 Å². The highest BCUT2D eigenvalue weighted by atomic mass is 16.4. The number of aliphatic carboxylic acids is 1. The second kappa shape index (κ2) is 6.61. The van der Waals surface area contributed by atoms with Crippen LogP contribution >= 0.6 is 0 Å². The molecule has 24 heavy (non-hydrogen) atoms. The minimum absolute atomic E-state index is 0.204. The molecule has 0 aliphatic heterocycles. The van der Waals surface area contributed by atoms with Gasteiger partial charge < -0.3 is 10.4 Å². The van der Waals surface area contributed by atoms with Gasteiger partial charge in [-0.25, -0.2) is 15.0 Å². The summed E-state index contributed by atoms with van der Waals surface area (Å²) in [6.07, 6.45) is 1.31. The highest BCUT2D eigenvalue weighted by Gasteiger charge is 2.10. The summed E-state index contributed by atoms with van der Waals surface area (Å²) >= 11 is 0. The zero-order valence-corrected chi connectivity index (χ0v) is 13.4. The van der Waals surface area contributed by atoms with Crippen LogP contribution in [-0.4, -0.2) is 36.2 Å². The second-order valence-electron chi connectivity index (χ2n) is 5.78. The molecular weight excluding hydrogens is 308 g/mol. The molecule has 8 heteroatoms. The van der Waals surface area contributed by atoms with E-state index >= 15 is 0 Å². The number of carbonyl (C=O) groups is 1. The third-order valence-electron chi connectivity index (χ3n) is 3.64. The van der Waals surface area contributed by atoms with E-state index in [2.05, 4.69) is 56.4 Å². The van der Waals surface area contributed by atoms with Crippen molar-refractivity contribution in [3.63, 3.8) is 0 Å². The Labute approximate surface area is 138 Å². The Morgan fingerprint density at radius 1 is 1.33 bits per heavy atom. The number of hydrogen-bond acceptors (Lipinski definition) is 6. The minimum atomic E-state index is -0.962. The minimum Gasteiger partial charge on any atom is -0.481 e. The van der Waals surface area contributed by atoms with E-state index in [1.54, 1.807) is 0 Å². The summed E-state index contributed by atoms with van der Waals surface area (Å²) < 4.78 is 0. The van der Waals surface area contributed by atoms with E-state index in [9.17, 15) is 4.79 Å². The lowest BCUT2D eigenvalue weighted by Crippen LogP contribution is -2.05. The van der Waals surface area contributed by atoms with E-state index in [0.29, 0.717) is 24.1 Å². The number of aromatic nitrogens is 5. The molecule has 0 fully saturated rings. The van der Waals surface area contributed by atoms with Crippen LogP contribution in [0.25, 0.3) is 10.9 Å². The summed E-state index contributed by atoms with van der Waals surface area (Å²) in [4.78, 5) is 23.4. The average Bonchev–Trinajstić information content (AvgIpc) is 2.99. The summed E-state index contributed by atoms with van der Waals surface area (Å²) in [6.45, 7) is 4.64. The number of hydrogen-bond donors (Lipinski definition) is 3. The molecular formula is C16H18N6O2. The quantitative estimate of drug-likeness (QED) is 0.635. The summed E-state index contributed by atoms with van der Waals surface area (Å²) in [5, 5.41) is 19.5. The Morgan fingerprint density at radius 3 is 2.92 bits per heavy atom. The maximum absolute atomic E-state index is 10.7. The van der Waals surface area contributed by atoms with Crippen LogP contribution in [0.15, 0.2) is 24.5 Å². The lowest BCUT2D eigenvalue weighted by atomic mass is 10.0. The van der Waals surface area contributed by atoms with Crippen molar-refractivity contribution in [3.05, 3.63) is 41.7 Å². The smallest absolute Gasteiger partial charge is 0.311 e. The van der Waals surface area contributed by atoms with E-state index < -0.39 is 5.97 Å². The number of fused-ring (bicyclic) bond motifs is 1. The van der Waals surface area contributed by atoms with Crippen LogP contribution in [0.4, 0.5) is 5.82 Å². The van der Waals surface area contributed by atoms with Crippen LogP contribution in [0.3, 0.4) is 0 Å². The first kappa shape index (κ1) is 15.9. The predicted octanol–water partition coefficient (Wildman–Crippen LogP) is 2.11. The van der Waals surface area contributed by atoms with Gasteiger partial charge in [-0.2, -0.15) is 5.10 Å². The van der Waals surface area contributed by atoms with Crippen molar-refractivity contribution >= 4 is 22.7 Å². The van der Waals surface area contributed by atoms with E-state index in [4.69, 9.17) is 5.11 Å². The number of rotatable bonds is 6. The molecule has 0 saturated carbocycles. The number of anilines is 1. The van der Waals surface area contributed by atoms with Crippen LogP contribution < -0.4 is 5.32 Å². The van der Waals surface area contributed by atoms with Crippen molar-refractivity contribution in [2.24, 2.45) is 0 Å². The summed E-state index contributed by atoms with van der Waals surface area (Å²) in [7, 11) is 0. The van der Waals surface area contributed by atoms with Gasteiger partial charge in [-0.05, 0) is 23.6 Å². The van der Waals surface area contributed by atoms with E-state index in [0.717, 1.165) is 10.9 Å². The molecule has 0 bridgehead atoms. The zero-order chi connectivity index (χ0) is 17.1. The SMILES string of the molecule is CC(C)c1ccc2ncnc(NCc3nc(CC(=O)O)n[nH]3)c2c1. The number of nitrogens with zero attached hydrogens (tertiary/aromatic N) is 4. The Balaban J connectivity index is 1.80. The molecule has 8 nitrogen and oxygen atoms in total. The van der Waals surface area contributed by atoms with Gasteiger partial charge in [0.05, 0.1) is 12.1 Å². The predicted molar refractivity (Wildman–Crippen MR) is 88.7 cm³/mol. The standard InChI is InChI=1S/C16H18N6O2/c1-9(2)10-3-4-12-11(5-10)16(19-8-18-12)17-7-14-20-13(21-22-14)6-15(23)24/h3-5,8-9H,6-7H2,1-2H3,(H,23,24)(H,17,18,19)(H,20,21,22). The van der Waals surface area contributed by atoms with Gasteiger partial charge in [0, 0.05) is 5.39 Å². The number of carboxylic acids is 1. The van der Waals surface area contributed by atoms with Gasteiger partial charge in [-0.15, -0.1) is 0 Å². The van der Waals surface area contributed by atoms with Crippen molar-refractivity contribution in [3.8, 4) is 0 Å². The molecule has 3 aromatic rings. The molecule has 2 heterocycles. The molecule has 0 spiro atoms. The fourth-order valence-electron chi connectivity index (χ4n) is 2.37. The largest absolute Gasteiger partial charge is 0.481 e. The van der Waals surface area contributed by atoms with Crippen LogP contribution in [0.1, 0.15) is 37.0 Å². The summed E-state index contributed by atoms with van der Waals surface area (Å²) in [5.74, 6) is 0.970. The van der Waals surface area contributed by atoms with Crippen LogP contribution in [0, 0.1) is 0 Å². The van der Waals surface area contributed by atoms with Crippen molar-refractivity contribution in [1.82, 2.24) is 25.1 Å². The highest BCUT2D eigenvalue weighted by Crippen LogP contribution is 2.24. The first-order valence-corrected chi connectivity index (χ1v) is 7.63. The number of carboxylic acid groups (broad SMARTS) is 1. The normalized spacial score (nSPS) is 11.1. The van der Waals surface area contributed by atoms with Gasteiger partial charge in [0.15, 0.2) is 5.82 Å². The van der Waals surface area contributed by atoms with Crippen LogP contribution in [-0.2, 0) is 17.8 Å². The van der Waals surface area contributed by atoms with E-state index in [1.165, 1.54) is 11.9 Å². The molecule has 0 aliphatic rings.